The highest BCUT2D eigenvalue weighted by Crippen LogP contribution is 2.38. The average Bonchev–Trinajstić information content (AvgIpc) is 2.65. The second-order valence-electron chi connectivity index (χ2n) is 3.64. The number of halogens is 1. The molecule has 1 aromatic rings. The Bertz CT molecular complexity index is 381. The van der Waals surface area contributed by atoms with Crippen LogP contribution in [0.25, 0.3) is 0 Å². The van der Waals surface area contributed by atoms with Gasteiger partial charge in [0.15, 0.2) is 0 Å². The van der Waals surface area contributed by atoms with Gasteiger partial charge >= 0.3 is 5.97 Å². The molecular weight excluding hydrogens is 276 g/mol. The number of aliphatic carboxylic acids is 1. The van der Waals surface area contributed by atoms with Crippen LogP contribution in [0, 0.1) is 5.92 Å². The van der Waals surface area contributed by atoms with Gasteiger partial charge < -0.3 is 5.11 Å². The maximum Gasteiger partial charge on any atom is 0.307 e. The molecule has 1 heterocycles. The Morgan fingerprint density at radius 1 is 1.47 bits per heavy atom. The largest absolute Gasteiger partial charge is 0.481 e. The highest BCUT2D eigenvalue weighted by atomic mass is 79.9. The van der Waals surface area contributed by atoms with Crippen molar-refractivity contribution in [1.29, 1.82) is 0 Å². The van der Waals surface area contributed by atoms with Crippen LogP contribution in [-0.2, 0) is 4.79 Å². The van der Waals surface area contributed by atoms with Crippen molar-refractivity contribution in [3.63, 3.8) is 0 Å². The van der Waals surface area contributed by atoms with Crippen LogP contribution in [0.5, 0.6) is 0 Å². The van der Waals surface area contributed by atoms with Gasteiger partial charge in [-0.25, -0.2) is 0 Å². The molecule has 2 unspecified atom stereocenters. The molecule has 0 radical (unpaired) electrons. The van der Waals surface area contributed by atoms with Gasteiger partial charge in [-0.3, -0.25) is 4.79 Å². The van der Waals surface area contributed by atoms with Gasteiger partial charge in [0.25, 0.3) is 0 Å². The molecule has 2 rings (SSSR count). The van der Waals surface area contributed by atoms with Crippen LogP contribution in [0.2, 0.25) is 0 Å². The zero-order valence-electron chi connectivity index (χ0n) is 8.02. The lowest BCUT2D eigenvalue weighted by Crippen LogP contribution is -2.20. The maximum absolute atomic E-state index is 11.0. The van der Waals surface area contributed by atoms with Crippen molar-refractivity contribution >= 4 is 33.7 Å². The first-order valence-corrected chi connectivity index (χ1v) is 6.69. The molecule has 1 aliphatic heterocycles. The average molecular weight is 287 g/mol. The summed E-state index contributed by atoms with van der Waals surface area (Å²) in [5, 5.41) is 9.09. The number of carboxylic acids is 1. The van der Waals surface area contributed by atoms with Crippen molar-refractivity contribution in [2.24, 2.45) is 5.92 Å². The van der Waals surface area contributed by atoms with Gasteiger partial charge in [0.1, 0.15) is 0 Å². The van der Waals surface area contributed by atoms with Crippen molar-refractivity contribution in [2.75, 3.05) is 11.5 Å². The summed E-state index contributed by atoms with van der Waals surface area (Å²) < 4.78 is 1.01. The van der Waals surface area contributed by atoms with E-state index in [1.54, 1.807) is 11.8 Å². The van der Waals surface area contributed by atoms with Gasteiger partial charge in [0.05, 0.1) is 5.92 Å². The van der Waals surface area contributed by atoms with Crippen molar-refractivity contribution in [2.45, 2.75) is 5.92 Å². The molecule has 80 valence electrons. The highest BCUT2D eigenvalue weighted by Gasteiger charge is 2.34. The Morgan fingerprint density at radius 3 is 2.93 bits per heavy atom. The molecule has 0 amide bonds. The van der Waals surface area contributed by atoms with Gasteiger partial charge in [0, 0.05) is 21.9 Å². The fraction of sp³-hybridized carbons (Fsp3) is 0.364. The Labute approximate surface area is 101 Å². The summed E-state index contributed by atoms with van der Waals surface area (Å²) in [5.41, 5.74) is 1.13. The number of hydrogen-bond acceptors (Lipinski definition) is 2. The number of thioether (sulfide) groups is 1. The maximum atomic E-state index is 11.0. The minimum Gasteiger partial charge on any atom is -0.481 e. The fourth-order valence-electron chi connectivity index (χ4n) is 1.86. The first-order chi connectivity index (χ1) is 7.18. The lowest BCUT2D eigenvalue weighted by Gasteiger charge is -2.15. The quantitative estimate of drug-likeness (QED) is 0.908. The fourth-order valence-corrected chi connectivity index (χ4v) is 3.72. The van der Waals surface area contributed by atoms with Crippen LogP contribution in [0.3, 0.4) is 0 Å². The van der Waals surface area contributed by atoms with E-state index in [-0.39, 0.29) is 11.8 Å². The van der Waals surface area contributed by atoms with E-state index in [1.165, 1.54) is 0 Å². The summed E-state index contributed by atoms with van der Waals surface area (Å²) in [4.78, 5) is 11.0. The lowest BCUT2D eigenvalue weighted by atomic mass is 9.89. The molecule has 0 saturated carbocycles. The number of carboxylic acid groups (broad SMARTS) is 1. The Kier molecular flexibility index (Phi) is 3.36. The number of benzene rings is 1. The van der Waals surface area contributed by atoms with Crippen molar-refractivity contribution < 1.29 is 9.90 Å². The van der Waals surface area contributed by atoms with Crippen LogP contribution < -0.4 is 0 Å². The van der Waals surface area contributed by atoms with Gasteiger partial charge in [-0.05, 0) is 17.7 Å². The second-order valence-corrected chi connectivity index (χ2v) is 5.63. The van der Waals surface area contributed by atoms with Gasteiger partial charge in [0.2, 0.25) is 0 Å². The molecule has 0 spiro atoms. The molecule has 0 bridgehead atoms. The summed E-state index contributed by atoms with van der Waals surface area (Å²) in [5.74, 6) is 0.888. The van der Waals surface area contributed by atoms with Gasteiger partial charge in [-0.15, -0.1) is 0 Å². The predicted molar refractivity (Wildman–Crippen MR) is 65.3 cm³/mol. The van der Waals surface area contributed by atoms with E-state index in [0.717, 1.165) is 21.5 Å². The third kappa shape index (κ3) is 2.37. The minimum atomic E-state index is -0.676. The van der Waals surface area contributed by atoms with Crippen molar-refractivity contribution in [3.8, 4) is 0 Å². The summed E-state index contributed by atoms with van der Waals surface area (Å²) in [6, 6.07) is 7.95. The van der Waals surface area contributed by atoms with Crippen LogP contribution in [0.1, 0.15) is 11.5 Å². The molecular formula is C11H11BrO2S. The smallest absolute Gasteiger partial charge is 0.307 e. The van der Waals surface area contributed by atoms with E-state index in [2.05, 4.69) is 15.9 Å². The standard InChI is InChI=1S/C11H11BrO2S/c12-8-3-1-2-7(4-8)9-5-15-6-10(9)11(13)14/h1-4,9-10H,5-6H2,(H,13,14). The Morgan fingerprint density at radius 2 is 2.27 bits per heavy atom. The molecule has 1 saturated heterocycles. The molecule has 15 heavy (non-hydrogen) atoms. The van der Waals surface area contributed by atoms with E-state index >= 15 is 0 Å². The summed E-state index contributed by atoms with van der Waals surface area (Å²) >= 11 is 5.14. The zero-order chi connectivity index (χ0) is 10.8. The Hall–Kier alpha value is -0.480. The van der Waals surface area contributed by atoms with Crippen LogP contribution >= 0.6 is 27.7 Å². The monoisotopic (exact) mass is 286 g/mol. The van der Waals surface area contributed by atoms with E-state index < -0.39 is 5.97 Å². The normalized spacial score (nSPS) is 25.4. The molecule has 4 heteroatoms. The molecule has 1 N–H and O–H groups in total. The van der Waals surface area contributed by atoms with Crippen molar-refractivity contribution in [1.82, 2.24) is 0 Å². The van der Waals surface area contributed by atoms with Crippen LogP contribution in [-0.4, -0.2) is 22.6 Å². The third-order valence-electron chi connectivity index (χ3n) is 2.67. The minimum absolute atomic E-state index is 0.157. The van der Waals surface area contributed by atoms with E-state index in [0.29, 0.717) is 0 Å². The topological polar surface area (TPSA) is 37.3 Å². The highest BCUT2D eigenvalue weighted by molar-refractivity contribution is 9.10. The Balaban J connectivity index is 2.26. The molecule has 2 nitrogen and oxygen atoms in total. The lowest BCUT2D eigenvalue weighted by molar-refractivity contribution is -0.141. The third-order valence-corrected chi connectivity index (χ3v) is 4.36. The summed E-state index contributed by atoms with van der Waals surface area (Å²) in [6.45, 7) is 0. The van der Waals surface area contributed by atoms with E-state index in [9.17, 15) is 4.79 Å². The number of rotatable bonds is 2. The molecule has 0 aliphatic carbocycles. The second kappa shape index (κ2) is 4.58. The number of hydrogen-bond donors (Lipinski definition) is 1. The summed E-state index contributed by atoms with van der Waals surface area (Å²) in [6.07, 6.45) is 0. The number of carbonyl (C=O) groups is 1. The first-order valence-electron chi connectivity index (χ1n) is 4.74. The molecule has 1 aliphatic rings. The van der Waals surface area contributed by atoms with Crippen LogP contribution in [0.15, 0.2) is 28.7 Å². The molecule has 1 aromatic carbocycles. The van der Waals surface area contributed by atoms with E-state index in [1.807, 2.05) is 24.3 Å². The van der Waals surface area contributed by atoms with Crippen molar-refractivity contribution in [3.05, 3.63) is 34.3 Å². The predicted octanol–water partition coefficient (Wildman–Crippen LogP) is 2.98. The van der Waals surface area contributed by atoms with Gasteiger partial charge in [-0.1, -0.05) is 28.1 Å². The van der Waals surface area contributed by atoms with Crippen LogP contribution in [0.4, 0.5) is 0 Å². The molecule has 0 aromatic heterocycles. The SMILES string of the molecule is O=C(O)C1CSCC1c1cccc(Br)c1. The summed E-state index contributed by atoms with van der Waals surface area (Å²) in [7, 11) is 0. The van der Waals surface area contributed by atoms with E-state index in [4.69, 9.17) is 5.11 Å². The van der Waals surface area contributed by atoms with Gasteiger partial charge in [-0.2, -0.15) is 11.8 Å². The zero-order valence-corrected chi connectivity index (χ0v) is 10.4. The molecule has 2 atom stereocenters. The molecule has 1 fully saturated rings. The first kappa shape index (κ1) is 11.0.